The van der Waals surface area contributed by atoms with Crippen molar-refractivity contribution >= 4 is 27.9 Å². The Kier molecular flexibility index (Phi) is 4.56. The van der Waals surface area contributed by atoms with E-state index in [4.69, 9.17) is 17.3 Å². The van der Waals surface area contributed by atoms with Crippen LogP contribution in [0, 0.1) is 5.92 Å². The third kappa shape index (κ3) is 3.98. The minimum atomic E-state index is 0.586. The Morgan fingerprint density at radius 3 is 2.92 bits per heavy atom. The molecule has 1 atom stereocenters. The van der Waals surface area contributed by atoms with E-state index in [1.807, 2.05) is 12.1 Å². The van der Waals surface area contributed by atoms with Gasteiger partial charge in [0.25, 0.3) is 0 Å². The van der Waals surface area contributed by atoms with Crippen LogP contribution in [0.3, 0.4) is 0 Å². The lowest BCUT2D eigenvalue weighted by Crippen LogP contribution is -2.14. The molecule has 0 radical (unpaired) electrons. The van der Waals surface area contributed by atoms with Crippen LogP contribution in [-0.4, -0.2) is 13.1 Å². The maximum atomic E-state index is 5.79. The molecule has 1 aromatic rings. The number of nitrogens with one attached hydrogen (secondary N) is 1. The number of anilines is 1. The smallest absolute Gasteiger partial charge is 0.0950 e. The van der Waals surface area contributed by atoms with Gasteiger partial charge in [-0.3, -0.25) is 0 Å². The molecule has 1 unspecified atom stereocenters. The predicted molar refractivity (Wildman–Crippen MR) is 60.7 cm³/mol. The lowest BCUT2D eigenvalue weighted by Gasteiger charge is -2.08. The minimum Gasteiger partial charge on any atom is -0.377 e. The van der Waals surface area contributed by atoms with Crippen LogP contribution in [0.5, 0.6) is 0 Å². The van der Waals surface area contributed by atoms with Gasteiger partial charge in [-0.1, -0.05) is 18.5 Å². The van der Waals surface area contributed by atoms with Crippen LogP contribution in [0.25, 0.3) is 0 Å². The Morgan fingerprint density at radius 2 is 2.38 bits per heavy atom. The van der Waals surface area contributed by atoms with E-state index in [1.54, 1.807) is 11.3 Å². The average molecular weight is 219 g/mol. The standard InChI is InChI=1S/C9H15ClN2S/c1-7(6-11)4-5-12-9-3-2-8(10)13-9/h2-3,7,12H,4-6,11H2,1H3. The second kappa shape index (κ2) is 5.47. The molecule has 1 aromatic heterocycles. The van der Waals surface area contributed by atoms with Gasteiger partial charge in [0.2, 0.25) is 0 Å². The second-order valence-electron chi connectivity index (χ2n) is 3.16. The van der Waals surface area contributed by atoms with Crippen molar-refractivity contribution in [2.75, 3.05) is 18.4 Å². The second-order valence-corrected chi connectivity index (χ2v) is 4.88. The molecule has 3 N–H and O–H groups in total. The Bertz CT molecular complexity index is 250. The van der Waals surface area contributed by atoms with Crippen LogP contribution in [0.15, 0.2) is 12.1 Å². The molecule has 0 aliphatic rings. The first-order valence-corrected chi connectivity index (χ1v) is 5.61. The maximum Gasteiger partial charge on any atom is 0.0950 e. The van der Waals surface area contributed by atoms with Gasteiger partial charge in [-0.05, 0) is 31.0 Å². The van der Waals surface area contributed by atoms with E-state index in [1.165, 1.54) is 0 Å². The molecule has 0 aromatic carbocycles. The molecular weight excluding hydrogens is 204 g/mol. The van der Waals surface area contributed by atoms with Crippen molar-refractivity contribution in [2.45, 2.75) is 13.3 Å². The first-order valence-electron chi connectivity index (χ1n) is 4.41. The van der Waals surface area contributed by atoms with Gasteiger partial charge in [-0.2, -0.15) is 0 Å². The third-order valence-electron chi connectivity index (χ3n) is 1.91. The summed E-state index contributed by atoms with van der Waals surface area (Å²) in [6.07, 6.45) is 1.10. The third-order valence-corrected chi connectivity index (χ3v) is 3.10. The minimum absolute atomic E-state index is 0.586. The van der Waals surface area contributed by atoms with E-state index in [9.17, 15) is 0 Å². The Morgan fingerprint density at radius 1 is 1.62 bits per heavy atom. The summed E-state index contributed by atoms with van der Waals surface area (Å²) >= 11 is 7.36. The summed E-state index contributed by atoms with van der Waals surface area (Å²) in [5.74, 6) is 0.586. The lowest BCUT2D eigenvalue weighted by molar-refractivity contribution is 0.562. The van der Waals surface area contributed by atoms with Crippen molar-refractivity contribution in [3.8, 4) is 0 Å². The largest absolute Gasteiger partial charge is 0.377 e. The molecule has 0 saturated carbocycles. The van der Waals surface area contributed by atoms with Gasteiger partial charge in [-0.25, -0.2) is 0 Å². The summed E-state index contributed by atoms with van der Waals surface area (Å²) in [5.41, 5.74) is 5.51. The first kappa shape index (κ1) is 10.8. The van der Waals surface area contributed by atoms with E-state index >= 15 is 0 Å². The molecule has 1 heterocycles. The maximum absolute atomic E-state index is 5.79. The highest BCUT2D eigenvalue weighted by molar-refractivity contribution is 7.19. The van der Waals surface area contributed by atoms with E-state index < -0.39 is 0 Å². The van der Waals surface area contributed by atoms with Crippen LogP contribution in [0.4, 0.5) is 5.00 Å². The summed E-state index contributed by atoms with van der Waals surface area (Å²) in [4.78, 5) is 0. The number of halogens is 1. The zero-order valence-corrected chi connectivity index (χ0v) is 9.29. The fraction of sp³-hybridized carbons (Fsp3) is 0.556. The van der Waals surface area contributed by atoms with Crippen molar-refractivity contribution in [3.05, 3.63) is 16.5 Å². The van der Waals surface area contributed by atoms with Crippen LogP contribution in [0.2, 0.25) is 4.34 Å². The summed E-state index contributed by atoms with van der Waals surface area (Å²) in [5, 5.41) is 4.44. The highest BCUT2D eigenvalue weighted by atomic mass is 35.5. The van der Waals surface area contributed by atoms with Crippen LogP contribution in [0.1, 0.15) is 13.3 Å². The molecule has 0 aliphatic heterocycles. The molecule has 4 heteroatoms. The van der Waals surface area contributed by atoms with Crippen LogP contribution >= 0.6 is 22.9 Å². The zero-order chi connectivity index (χ0) is 9.68. The first-order chi connectivity index (χ1) is 6.22. The summed E-state index contributed by atoms with van der Waals surface area (Å²) < 4.78 is 0.828. The monoisotopic (exact) mass is 218 g/mol. The predicted octanol–water partition coefficient (Wildman–Crippen LogP) is 2.80. The van der Waals surface area contributed by atoms with Gasteiger partial charge < -0.3 is 11.1 Å². The molecule has 2 nitrogen and oxygen atoms in total. The quantitative estimate of drug-likeness (QED) is 0.798. The molecule has 0 spiro atoms. The Labute approximate surface area is 88.1 Å². The summed E-state index contributed by atoms with van der Waals surface area (Å²) in [7, 11) is 0. The van der Waals surface area contributed by atoms with E-state index in [0.717, 1.165) is 28.8 Å². The lowest BCUT2D eigenvalue weighted by atomic mass is 10.1. The van der Waals surface area contributed by atoms with Gasteiger partial charge in [0, 0.05) is 6.54 Å². The molecule has 1 rings (SSSR count). The van der Waals surface area contributed by atoms with Gasteiger partial charge in [0.1, 0.15) is 0 Å². The number of hydrogen-bond acceptors (Lipinski definition) is 3. The molecule has 74 valence electrons. The zero-order valence-electron chi connectivity index (χ0n) is 7.72. The van der Waals surface area contributed by atoms with Crippen LogP contribution < -0.4 is 11.1 Å². The highest BCUT2D eigenvalue weighted by Gasteiger charge is 1.99. The molecule has 0 aliphatic carbocycles. The Balaban J connectivity index is 2.20. The topological polar surface area (TPSA) is 38.0 Å². The van der Waals surface area contributed by atoms with Crippen molar-refractivity contribution in [2.24, 2.45) is 11.7 Å². The average Bonchev–Trinajstić information content (AvgIpc) is 2.51. The van der Waals surface area contributed by atoms with Gasteiger partial charge in [0.05, 0.1) is 9.34 Å². The van der Waals surface area contributed by atoms with Crippen LogP contribution in [-0.2, 0) is 0 Å². The molecule has 13 heavy (non-hydrogen) atoms. The number of rotatable bonds is 5. The molecule has 0 bridgehead atoms. The number of hydrogen-bond donors (Lipinski definition) is 2. The molecular formula is C9H15ClN2S. The highest BCUT2D eigenvalue weighted by Crippen LogP contribution is 2.25. The molecule has 0 fully saturated rings. The molecule has 0 amide bonds. The summed E-state index contributed by atoms with van der Waals surface area (Å²) in [6.45, 7) is 3.88. The fourth-order valence-electron chi connectivity index (χ4n) is 0.969. The van der Waals surface area contributed by atoms with Crippen molar-refractivity contribution in [1.82, 2.24) is 0 Å². The van der Waals surface area contributed by atoms with Gasteiger partial charge in [0.15, 0.2) is 0 Å². The molecule has 0 saturated heterocycles. The Hall–Kier alpha value is -0.250. The summed E-state index contributed by atoms with van der Waals surface area (Å²) in [6, 6.07) is 3.90. The van der Waals surface area contributed by atoms with Gasteiger partial charge in [-0.15, -0.1) is 11.3 Å². The SMILES string of the molecule is CC(CN)CCNc1ccc(Cl)s1. The van der Waals surface area contributed by atoms with Crippen molar-refractivity contribution in [1.29, 1.82) is 0 Å². The van der Waals surface area contributed by atoms with E-state index in [-0.39, 0.29) is 0 Å². The number of thiophene rings is 1. The van der Waals surface area contributed by atoms with E-state index in [2.05, 4.69) is 12.2 Å². The van der Waals surface area contributed by atoms with Gasteiger partial charge >= 0.3 is 0 Å². The number of nitrogens with two attached hydrogens (primary N) is 1. The van der Waals surface area contributed by atoms with Crippen molar-refractivity contribution in [3.63, 3.8) is 0 Å². The van der Waals surface area contributed by atoms with Crippen molar-refractivity contribution < 1.29 is 0 Å². The van der Waals surface area contributed by atoms with E-state index in [0.29, 0.717) is 5.92 Å². The fourth-order valence-corrected chi connectivity index (χ4v) is 1.94. The normalized spacial score (nSPS) is 12.8.